The maximum absolute atomic E-state index is 11.3. The van der Waals surface area contributed by atoms with E-state index in [1.54, 1.807) is 0 Å². The molecule has 0 fully saturated rings. The van der Waals surface area contributed by atoms with E-state index in [1.807, 2.05) is 20.8 Å². The van der Waals surface area contributed by atoms with Gasteiger partial charge in [0.15, 0.2) is 0 Å². The quantitative estimate of drug-likeness (QED) is 0.622. The summed E-state index contributed by atoms with van der Waals surface area (Å²) >= 11 is 0. The minimum atomic E-state index is -0.475. The summed E-state index contributed by atoms with van der Waals surface area (Å²) in [4.78, 5) is 11.3. The zero-order valence-corrected chi connectivity index (χ0v) is 11.0. The zero-order chi connectivity index (χ0) is 12.8. The Hall–Kier alpha value is -0.810. The molecule has 0 rings (SSSR count). The summed E-state index contributed by atoms with van der Waals surface area (Å²) in [5.41, 5.74) is 10.5. The first kappa shape index (κ1) is 15.2. The highest BCUT2D eigenvalue weighted by Gasteiger charge is 2.16. The molecule has 0 aliphatic rings. The van der Waals surface area contributed by atoms with Crippen molar-refractivity contribution in [2.24, 2.45) is 17.6 Å². The minimum absolute atomic E-state index is 0.343. The Kier molecular flexibility index (Phi) is 6.36. The van der Waals surface area contributed by atoms with Gasteiger partial charge >= 0.3 is 6.09 Å². The van der Waals surface area contributed by atoms with Crippen molar-refractivity contribution in [1.29, 1.82) is 0 Å². The van der Waals surface area contributed by atoms with Gasteiger partial charge < -0.3 is 10.5 Å². The van der Waals surface area contributed by atoms with Gasteiger partial charge in [-0.1, -0.05) is 13.8 Å². The van der Waals surface area contributed by atoms with E-state index in [0.717, 1.165) is 0 Å². The Morgan fingerprint density at radius 3 is 2.31 bits per heavy atom. The van der Waals surface area contributed by atoms with Gasteiger partial charge in [0.1, 0.15) is 5.60 Å². The molecular weight excluding hydrogens is 206 g/mol. The summed E-state index contributed by atoms with van der Waals surface area (Å²) in [6.45, 7) is 10.9. The summed E-state index contributed by atoms with van der Waals surface area (Å²) in [5.74, 6) is 0.827. The van der Waals surface area contributed by atoms with Gasteiger partial charge in [-0.25, -0.2) is 10.2 Å². The van der Waals surface area contributed by atoms with E-state index in [-0.39, 0.29) is 0 Å². The second-order valence-corrected chi connectivity index (χ2v) is 5.25. The maximum atomic E-state index is 11.3. The van der Waals surface area contributed by atoms with Crippen molar-refractivity contribution in [2.45, 2.75) is 40.2 Å². The summed E-state index contributed by atoms with van der Waals surface area (Å²) in [6.07, 6.45) is -0.466. The van der Waals surface area contributed by atoms with Gasteiger partial charge in [-0.2, -0.15) is 0 Å². The van der Waals surface area contributed by atoms with Gasteiger partial charge in [0.2, 0.25) is 0 Å². The number of nitrogens with two attached hydrogens (primary N) is 1. The molecule has 5 heteroatoms. The zero-order valence-electron chi connectivity index (χ0n) is 11.0. The van der Waals surface area contributed by atoms with Crippen LogP contribution in [0.25, 0.3) is 0 Å². The molecule has 16 heavy (non-hydrogen) atoms. The standard InChI is InChI=1S/C11H25N3O2/c1-8(2)9(6-12)7-13-14-10(15)16-11(3,4)5/h8-9,13H,6-7,12H2,1-5H3,(H,14,15). The van der Waals surface area contributed by atoms with Gasteiger partial charge in [-0.3, -0.25) is 5.43 Å². The van der Waals surface area contributed by atoms with Crippen LogP contribution >= 0.6 is 0 Å². The Balaban J connectivity index is 3.77. The molecule has 0 saturated heterocycles. The third kappa shape index (κ3) is 7.48. The minimum Gasteiger partial charge on any atom is -0.443 e. The normalized spacial score (nSPS) is 13.7. The number of carbonyl (C=O) groups is 1. The molecule has 0 bridgehead atoms. The molecule has 0 heterocycles. The lowest BCUT2D eigenvalue weighted by Gasteiger charge is -2.22. The van der Waals surface area contributed by atoms with Gasteiger partial charge in [-0.15, -0.1) is 0 Å². The second-order valence-electron chi connectivity index (χ2n) is 5.25. The summed E-state index contributed by atoms with van der Waals surface area (Å²) in [6, 6.07) is 0. The molecule has 1 unspecified atom stereocenters. The molecule has 0 aliphatic heterocycles. The van der Waals surface area contributed by atoms with E-state index < -0.39 is 11.7 Å². The van der Waals surface area contributed by atoms with Crippen LogP contribution in [0.3, 0.4) is 0 Å². The fraction of sp³-hybridized carbons (Fsp3) is 0.909. The molecule has 4 N–H and O–H groups in total. The number of hydrogen-bond acceptors (Lipinski definition) is 4. The van der Waals surface area contributed by atoms with Crippen molar-refractivity contribution in [1.82, 2.24) is 10.9 Å². The Morgan fingerprint density at radius 2 is 1.94 bits per heavy atom. The van der Waals surface area contributed by atoms with Gasteiger partial charge in [-0.05, 0) is 39.2 Å². The predicted octanol–water partition coefficient (Wildman–Crippen LogP) is 1.25. The SMILES string of the molecule is CC(C)C(CN)CNNC(=O)OC(C)(C)C. The molecule has 0 saturated carbocycles. The fourth-order valence-electron chi connectivity index (χ4n) is 1.15. The van der Waals surface area contributed by atoms with Crippen LogP contribution in [-0.4, -0.2) is 24.8 Å². The highest BCUT2D eigenvalue weighted by molar-refractivity contribution is 5.66. The number of ether oxygens (including phenoxy) is 1. The van der Waals surface area contributed by atoms with Crippen LogP contribution in [0.5, 0.6) is 0 Å². The molecule has 1 amide bonds. The molecule has 1 atom stereocenters. The molecule has 0 aromatic carbocycles. The lowest BCUT2D eigenvalue weighted by Crippen LogP contribution is -2.45. The topological polar surface area (TPSA) is 76.4 Å². The van der Waals surface area contributed by atoms with Crippen molar-refractivity contribution in [2.75, 3.05) is 13.1 Å². The van der Waals surface area contributed by atoms with Crippen LogP contribution < -0.4 is 16.6 Å². The summed E-state index contributed by atoms with van der Waals surface area (Å²) in [5, 5.41) is 0. The Morgan fingerprint density at radius 1 is 1.38 bits per heavy atom. The van der Waals surface area contributed by atoms with E-state index in [1.165, 1.54) is 0 Å². The van der Waals surface area contributed by atoms with E-state index in [4.69, 9.17) is 10.5 Å². The van der Waals surface area contributed by atoms with Crippen LogP contribution in [0, 0.1) is 11.8 Å². The van der Waals surface area contributed by atoms with Crippen LogP contribution in [-0.2, 0) is 4.74 Å². The number of carbonyl (C=O) groups excluding carboxylic acids is 1. The smallest absolute Gasteiger partial charge is 0.422 e. The van der Waals surface area contributed by atoms with E-state index >= 15 is 0 Å². The number of amides is 1. The van der Waals surface area contributed by atoms with Crippen LogP contribution in [0.1, 0.15) is 34.6 Å². The number of hydrazine groups is 1. The lowest BCUT2D eigenvalue weighted by molar-refractivity contribution is 0.0493. The molecule has 0 aromatic heterocycles. The van der Waals surface area contributed by atoms with Gasteiger partial charge in [0.25, 0.3) is 0 Å². The highest BCUT2D eigenvalue weighted by atomic mass is 16.6. The van der Waals surface area contributed by atoms with Gasteiger partial charge in [0.05, 0.1) is 0 Å². The Bertz CT molecular complexity index is 212. The monoisotopic (exact) mass is 231 g/mol. The molecule has 0 aliphatic carbocycles. The number of nitrogens with one attached hydrogen (secondary N) is 2. The Labute approximate surface area is 98.1 Å². The molecule has 5 nitrogen and oxygen atoms in total. The largest absolute Gasteiger partial charge is 0.443 e. The van der Waals surface area contributed by atoms with Crippen molar-refractivity contribution < 1.29 is 9.53 Å². The predicted molar refractivity (Wildman–Crippen MR) is 64.8 cm³/mol. The van der Waals surface area contributed by atoms with E-state index in [2.05, 4.69) is 24.7 Å². The third-order valence-electron chi connectivity index (χ3n) is 2.20. The van der Waals surface area contributed by atoms with Crippen molar-refractivity contribution in [3.05, 3.63) is 0 Å². The maximum Gasteiger partial charge on any atom is 0.422 e. The van der Waals surface area contributed by atoms with Crippen molar-refractivity contribution in [3.63, 3.8) is 0 Å². The fourth-order valence-corrected chi connectivity index (χ4v) is 1.15. The first-order valence-corrected chi connectivity index (χ1v) is 5.68. The molecular formula is C11H25N3O2. The van der Waals surface area contributed by atoms with E-state index in [9.17, 15) is 4.79 Å². The molecule has 0 spiro atoms. The van der Waals surface area contributed by atoms with Crippen molar-refractivity contribution >= 4 is 6.09 Å². The molecule has 0 radical (unpaired) electrons. The average molecular weight is 231 g/mol. The van der Waals surface area contributed by atoms with Crippen molar-refractivity contribution in [3.8, 4) is 0 Å². The number of rotatable bonds is 5. The van der Waals surface area contributed by atoms with Gasteiger partial charge in [0, 0.05) is 6.54 Å². The first-order chi connectivity index (χ1) is 7.26. The lowest BCUT2D eigenvalue weighted by atomic mass is 9.96. The third-order valence-corrected chi connectivity index (χ3v) is 2.20. The second kappa shape index (κ2) is 6.70. The summed E-state index contributed by atoms with van der Waals surface area (Å²) < 4.78 is 5.07. The summed E-state index contributed by atoms with van der Waals surface area (Å²) in [7, 11) is 0. The molecule has 0 aromatic rings. The first-order valence-electron chi connectivity index (χ1n) is 5.68. The van der Waals surface area contributed by atoms with Crippen LogP contribution in [0.4, 0.5) is 4.79 Å². The molecule has 96 valence electrons. The van der Waals surface area contributed by atoms with Crippen LogP contribution in [0.15, 0.2) is 0 Å². The van der Waals surface area contributed by atoms with Crippen LogP contribution in [0.2, 0.25) is 0 Å². The number of hydrogen-bond donors (Lipinski definition) is 3. The highest BCUT2D eigenvalue weighted by Crippen LogP contribution is 2.07. The average Bonchev–Trinajstić information content (AvgIpc) is 2.08. The van der Waals surface area contributed by atoms with E-state index in [0.29, 0.717) is 24.9 Å².